The van der Waals surface area contributed by atoms with E-state index < -0.39 is 0 Å². The molecule has 1 N–H and O–H groups in total. The number of rotatable bonds is 4. The molecule has 2 aromatic rings. The zero-order valence-electron chi connectivity index (χ0n) is 11.4. The lowest BCUT2D eigenvalue weighted by Crippen LogP contribution is -2.08. The Morgan fingerprint density at radius 2 is 2.00 bits per heavy atom. The number of ether oxygens (including phenoxy) is 1. The standard InChI is InChI=1S/C16H15BrN2O/c1-11(13-5-3-4-6-16(13)20-2)19-15-8-7-12(10-18)9-14(15)17/h3-9,11,19H,1-2H3. The van der Waals surface area contributed by atoms with Crippen molar-refractivity contribution in [3.63, 3.8) is 0 Å². The molecule has 4 heteroatoms. The van der Waals surface area contributed by atoms with E-state index >= 15 is 0 Å². The molecule has 0 heterocycles. The van der Waals surface area contributed by atoms with Crippen LogP contribution in [-0.4, -0.2) is 7.11 Å². The van der Waals surface area contributed by atoms with Crippen LogP contribution >= 0.6 is 15.9 Å². The number of nitrogens with one attached hydrogen (secondary N) is 1. The van der Waals surface area contributed by atoms with Gasteiger partial charge in [0.25, 0.3) is 0 Å². The number of nitrogens with zero attached hydrogens (tertiary/aromatic N) is 1. The maximum Gasteiger partial charge on any atom is 0.124 e. The Balaban J connectivity index is 2.24. The fourth-order valence-corrected chi connectivity index (χ4v) is 2.53. The third-order valence-electron chi connectivity index (χ3n) is 3.08. The van der Waals surface area contributed by atoms with Crippen molar-refractivity contribution in [3.05, 3.63) is 58.1 Å². The molecular formula is C16H15BrN2O. The average molecular weight is 331 g/mol. The number of nitriles is 1. The SMILES string of the molecule is COc1ccccc1C(C)Nc1ccc(C#N)cc1Br. The normalized spacial score (nSPS) is 11.5. The highest BCUT2D eigenvalue weighted by Gasteiger charge is 2.12. The van der Waals surface area contributed by atoms with Gasteiger partial charge in [-0.05, 0) is 47.1 Å². The molecule has 0 aliphatic carbocycles. The van der Waals surface area contributed by atoms with E-state index in [-0.39, 0.29) is 6.04 Å². The molecule has 0 saturated carbocycles. The van der Waals surface area contributed by atoms with Crippen LogP contribution in [0.3, 0.4) is 0 Å². The molecule has 102 valence electrons. The molecule has 1 unspecified atom stereocenters. The topological polar surface area (TPSA) is 45.0 Å². The Morgan fingerprint density at radius 1 is 1.25 bits per heavy atom. The van der Waals surface area contributed by atoms with Crippen LogP contribution in [0.1, 0.15) is 24.1 Å². The van der Waals surface area contributed by atoms with Gasteiger partial charge in [0, 0.05) is 15.7 Å². The monoisotopic (exact) mass is 330 g/mol. The number of methoxy groups -OCH3 is 1. The third kappa shape index (κ3) is 3.12. The van der Waals surface area contributed by atoms with Gasteiger partial charge in [0.05, 0.1) is 24.8 Å². The first-order chi connectivity index (χ1) is 9.65. The van der Waals surface area contributed by atoms with Gasteiger partial charge in [-0.25, -0.2) is 0 Å². The summed E-state index contributed by atoms with van der Waals surface area (Å²) in [5.74, 6) is 0.859. The molecule has 0 aliphatic rings. The summed E-state index contributed by atoms with van der Waals surface area (Å²) >= 11 is 3.48. The van der Waals surface area contributed by atoms with Crippen molar-refractivity contribution in [2.45, 2.75) is 13.0 Å². The zero-order valence-corrected chi connectivity index (χ0v) is 12.9. The number of anilines is 1. The summed E-state index contributed by atoms with van der Waals surface area (Å²) in [4.78, 5) is 0. The van der Waals surface area contributed by atoms with E-state index in [4.69, 9.17) is 10.00 Å². The molecule has 0 amide bonds. The lowest BCUT2D eigenvalue weighted by molar-refractivity contribution is 0.408. The molecule has 0 radical (unpaired) electrons. The Morgan fingerprint density at radius 3 is 2.65 bits per heavy atom. The molecule has 0 aromatic heterocycles. The minimum Gasteiger partial charge on any atom is -0.496 e. The van der Waals surface area contributed by atoms with Crippen molar-refractivity contribution >= 4 is 21.6 Å². The van der Waals surface area contributed by atoms with Gasteiger partial charge in [0.2, 0.25) is 0 Å². The first-order valence-electron chi connectivity index (χ1n) is 6.25. The molecule has 0 bridgehead atoms. The van der Waals surface area contributed by atoms with Crippen molar-refractivity contribution in [1.82, 2.24) is 0 Å². The summed E-state index contributed by atoms with van der Waals surface area (Å²) in [5.41, 5.74) is 2.67. The van der Waals surface area contributed by atoms with Crippen molar-refractivity contribution < 1.29 is 4.74 Å². The Bertz CT molecular complexity index is 649. The summed E-state index contributed by atoms with van der Waals surface area (Å²) in [6.07, 6.45) is 0. The molecule has 0 fully saturated rings. The summed E-state index contributed by atoms with van der Waals surface area (Å²) in [6, 6.07) is 15.6. The van der Waals surface area contributed by atoms with Crippen molar-refractivity contribution in [2.24, 2.45) is 0 Å². The van der Waals surface area contributed by atoms with Gasteiger partial charge in [-0.2, -0.15) is 5.26 Å². The molecule has 20 heavy (non-hydrogen) atoms. The van der Waals surface area contributed by atoms with Crippen LogP contribution in [0.4, 0.5) is 5.69 Å². The summed E-state index contributed by atoms with van der Waals surface area (Å²) in [7, 11) is 1.67. The molecule has 0 spiro atoms. The maximum absolute atomic E-state index is 8.87. The van der Waals surface area contributed by atoms with Crippen LogP contribution in [0.5, 0.6) is 5.75 Å². The molecule has 0 aliphatic heterocycles. The summed E-state index contributed by atoms with van der Waals surface area (Å²) < 4.78 is 6.25. The Labute approximate surface area is 127 Å². The van der Waals surface area contributed by atoms with Gasteiger partial charge in [0.15, 0.2) is 0 Å². The minimum absolute atomic E-state index is 0.0929. The van der Waals surface area contributed by atoms with Crippen LogP contribution < -0.4 is 10.1 Å². The second-order valence-electron chi connectivity index (χ2n) is 4.41. The summed E-state index contributed by atoms with van der Waals surface area (Å²) in [6.45, 7) is 2.07. The van der Waals surface area contributed by atoms with Crippen LogP contribution in [0.15, 0.2) is 46.9 Å². The first-order valence-corrected chi connectivity index (χ1v) is 7.04. The number of hydrogen-bond donors (Lipinski definition) is 1. The molecule has 1 atom stereocenters. The molecule has 0 saturated heterocycles. The second kappa shape index (κ2) is 6.44. The molecular weight excluding hydrogens is 316 g/mol. The summed E-state index contributed by atoms with van der Waals surface area (Å²) in [5, 5.41) is 12.3. The van der Waals surface area contributed by atoms with Crippen molar-refractivity contribution in [3.8, 4) is 11.8 Å². The van der Waals surface area contributed by atoms with Crippen LogP contribution in [0.2, 0.25) is 0 Å². The van der Waals surface area contributed by atoms with E-state index in [1.807, 2.05) is 30.3 Å². The minimum atomic E-state index is 0.0929. The molecule has 2 rings (SSSR count). The average Bonchev–Trinajstić information content (AvgIpc) is 2.49. The van der Waals surface area contributed by atoms with Gasteiger partial charge >= 0.3 is 0 Å². The first kappa shape index (κ1) is 14.4. The van der Waals surface area contributed by atoms with Gasteiger partial charge in [-0.1, -0.05) is 18.2 Å². The van der Waals surface area contributed by atoms with Gasteiger partial charge in [0.1, 0.15) is 5.75 Å². The highest BCUT2D eigenvalue weighted by atomic mass is 79.9. The smallest absolute Gasteiger partial charge is 0.124 e. The predicted molar refractivity (Wildman–Crippen MR) is 83.9 cm³/mol. The van der Waals surface area contributed by atoms with E-state index in [9.17, 15) is 0 Å². The highest BCUT2D eigenvalue weighted by Crippen LogP contribution is 2.30. The quantitative estimate of drug-likeness (QED) is 0.897. The van der Waals surface area contributed by atoms with Gasteiger partial charge in [-0.3, -0.25) is 0 Å². The number of hydrogen-bond acceptors (Lipinski definition) is 3. The van der Waals surface area contributed by atoms with Crippen LogP contribution in [-0.2, 0) is 0 Å². The second-order valence-corrected chi connectivity index (χ2v) is 5.27. The lowest BCUT2D eigenvalue weighted by atomic mass is 10.1. The van der Waals surface area contributed by atoms with E-state index in [1.54, 1.807) is 19.2 Å². The van der Waals surface area contributed by atoms with E-state index in [2.05, 4.69) is 34.2 Å². The van der Waals surface area contributed by atoms with E-state index in [0.717, 1.165) is 21.5 Å². The number of benzene rings is 2. The largest absolute Gasteiger partial charge is 0.496 e. The fraction of sp³-hybridized carbons (Fsp3) is 0.188. The number of para-hydroxylation sites is 1. The van der Waals surface area contributed by atoms with Gasteiger partial charge < -0.3 is 10.1 Å². The maximum atomic E-state index is 8.87. The molecule has 2 aromatic carbocycles. The van der Waals surface area contributed by atoms with Crippen LogP contribution in [0.25, 0.3) is 0 Å². The van der Waals surface area contributed by atoms with Gasteiger partial charge in [-0.15, -0.1) is 0 Å². The fourth-order valence-electron chi connectivity index (χ4n) is 2.04. The molecule has 3 nitrogen and oxygen atoms in total. The zero-order chi connectivity index (χ0) is 14.5. The lowest BCUT2D eigenvalue weighted by Gasteiger charge is -2.19. The third-order valence-corrected chi connectivity index (χ3v) is 3.73. The van der Waals surface area contributed by atoms with E-state index in [0.29, 0.717) is 5.56 Å². The van der Waals surface area contributed by atoms with Crippen molar-refractivity contribution in [2.75, 3.05) is 12.4 Å². The number of halogens is 1. The highest BCUT2D eigenvalue weighted by molar-refractivity contribution is 9.10. The predicted octanol–water partition coefficient (Wildman–Crippen LogP) is 4.50. The van der Waals surface area contributed by atoms with Crippen molar-refractivity contribution in [1.29, 1.82) is 5.26 Å². The van der Waals surface area contributed by atoms with Crippen LogP contribution in [0, 0.1) is 11.3 Å². The Kier molecular flexibility index (Phi) is 4.65. The van der Waals surface area contributed by atoms with E-state index in [1.165, 1.54) is 0 Å². The Hall–Kier alpha value is -1.99.